The third-order valence-corrected chi connectivity index (χ3v) is 3.82. The monoisotopic (exact) mass is 312 g/mol. The quantitative estimate of drug-likeness (QED) is 0.881. The molecule has 0 bridgehead atoms. The molecule has 0 atom stereocenters. The van der Waals surface area contributed by atoms with Crippen LogP contribution < -0.4 is 5.32 Å². The SMILES string of the molecule is CCn1cc(Cl)cc1C(=O)Nc1ccsc1C(=O)OC. The molecule has 0 spiro atoms. The molecule has 0 aliphatic rings. The zero-order valence-corrected chi connectivity index (χ0v) is 12.5. The summed E-state index contributed by atoms with van der Waals surface area (Å²) in [6.07, 6.45) is 1.69. The summed E-state index contributed by atoms with van der Waals surface area (Å²) in [4.78, 5) is 24.1. The normalized spacial score (nSPS) is 10.3. The molecule has 0 aromatic carbocycles. The van der Waals surface area contributed by atoms with Gasteiger partial charge in [-0.3, -0.25) is 4.79 Å². The fourth-order valence-electron chi connectivity index (χ4n) is 1.77. The van der Waals surface area contributed by atoms with Crippen LogP contribution in [0.25, 0.3) is 0 Å². The number of thiophene rings is 1. The first-order valence-corrected chi connectivity index (χ1v) is 7.15. The number of nitrogens with zero attached hydrogens (tertiary/aromatic N) is 1. The molecule has 0 radical (unpaired) electrons. The second kappa shape index (κ2) is 6.11. The van der Waals surface area contributed by atoms with Gasteiger partial charge in [0.1, 0.15) is 10.6 Å². The van der Waals surface area contributed by atoms with Crippen molar-refractivity contribution in [3.05, 3.63) is 39.3 Å². The maximum Gasteiger partial charge on any atom is 0.350 e. The number of ether oxygens (including phenoxy) is 1. The highest BCUT2D eigenvalue weighted by Gasteiger charge is 2.18. The summed E-state index contributed by atoms with van der Waals surface area (Å²) >= 11 is 7.11. The van der Waals surface area contributed by atoms with Crippen LogP contribution in [0.5, 0.6) is 0 Å². The van der Waals surface area contributed by atoms with E-state index in [1.165, 1.54) is 18.4 Å². The van der Waals surface area contributed by atoms with Crippen LogP contribution >= 0.6 is 22.9 Å². The highest BCUT2D eigenvalue weighted by Crippen LogP contribution is 2.24. The summed E-state index contributed by atoms with van der Waals surface area (Å²) in [7, 11) is 1.30. The molecular weight excluding hydrogens is 300 g/mol. The van der Waals surface area contributed by atoms with Gasteiger partial charge in [-0.15, -0.1) is 11.3 Å². The van der Waals surface area contributed by atoms with Gasteiger partial charge in [0, 0.05) is 12.7 Å². The Bertz CT molecular complexity index is 648. The maximum atomic E-state index is 12.2. The summed E-state index contributed by atoms with van der Waals surface area (Å²) in [5.41, 5.74) is 0.881. The third kappa shape index (κ3) is 2.86. The molecule has 7 heteroatoms. The number of hydrogen-bond acceptors (Lipinski definition) is 4. The van der Waals surface area contributed by atoms with Crippen molar-refractivity contribution < 1.29 is 14.3 Å². The smallest absolute Gasteiger partial charge is 0.350 e. The van der Waals surface area contributed by atoms with Crippen LogP contribution in [0.2, 0.25) is 5.02 Å². The molecule has 20 heavy (non-hydrogen) atoms. The standard InChI is InChI=1S/C13H13ClN2O3S/c1-3-16-7-8(14)6-10(16)12(17)15-9-4-5-20-11(9)13(18)19-2/h4-7H,3H2,1-2H3,(H,15,17). The van der Waals surface area contributed by atoms with Gasteiger partial charge in [0.25, 0.3) is 5.91 Å². The molecule has 0 fully saturated rings. The second-order valence-electron chi connectivity index (χ2n) is 3.94. The lowest BCUT2D eigenvalue weighted by Crippen LogP contribution is -2.17. The molecule has 2 heterocycles. The minimum Gasteiger partial charge on any atom is -0.465 e. The van der Waals surface area contributed by atoms with Gasteiger partial charge in [-0.2, -0.15) is 0 Å². The molecule has 2 aromatic heterocycles. The van der Waals surface area contributed by atoms with Gasteiger partial charge in [-0.1, -0.05) is 11.6 Å². The molecule has 0 saturated heterocycles. The number of methoxy groups -OCH3 is 1. The number of aromatic nitrogens is 1. The van der Waals surface area contributed by atoms with Crippen molar-refractivity contribution >= 4 is 40.5 Å². The predicted molar refractivity (Wildman–Crippen MR) is 78.7 cm³/mol. The first kappa shape index (κ1) is 14.6. The van der Waals surface area contributed by atoms with Crippen LogP contribution in [0.1, 0.15) is 27.1 Å². The van der Waals surface area contributed by atoms with Crippen molar-refractivity contribution in [2.24, 2.45) is 0 Å². The number of nitrogens with one attached hydrogen (secondary N) is 1. The van der Waals surface area contributed by atoms with Gasteiger partial charge in [-0.25, -0.2) is 4.79 Å². The van der Waals surface area contributed by atoms with E-state index < -0.39 is 5.97 Å². The lowest BCUT2D eigenvalue weighted by Gasteiger charge is -2.07. The maximum absolute atomic E-state index is 12.2. The van der Waals surface area contributed by atoms with Crippen molar-refractivity contribution in [2.75, 3.05) is 12.4 Å². The molecular formula is C13H13ClN2O3S. The van der Waals surface area contributed by atoms with E-state index in [1.54, 1.807) is 28.3 Å². The second-order valence-corrected chi connectivity index (χ2v) is 5.29. The Balaban J connectivity index is 2.24. The number of halogens is 1. The van der Waals surface area contributed by atoms with Crippen molar-refractivity contribution in [3.63, 3.8) is 0 Å². The minimum absolute atomic E-state index is 0.317. The van der Waals surface area contributed by atoms with Crippen LogP contribution in [0.4, 0.5) is 5.69 Å². The third-order valence-electron chi connectivity index (χ3n) is 2.72. The summed E-state index contributed by atoms with van der Waals surface area (Å²) in [6, 6.07) is 3.25. The van der Waals surface area contributed by atoms with E-state index >= 15 is 0 Å². The summed E-state index contributed by atoms with van der Waals surface area (Å²) < 4.78 is 6.40. The van der Waals surface area contributed by atoms with E-state index in [4.69, 9.17) is 11.6 Å². The Morgan fingerprint density at radius 2 is 2.25 bits per heavy atom. The first-order valence-electron chi connectivity index (χ1n) is 5.89. The summed E-state index contributed by atoms with van der Waals surface area (Å²) in [6.45, 7) is 2.54. The highest BCUT2D eigenvalue weighted by atomic mass is 35.5. The van der Waals surface area contributed by atoms with Gasteiger partial charge in [0.2, 0.25) is 0 Å². The molecule has 1 N–H and O–H groups in total. The largest absolute Gasteiger partial charge is 0.465 e. The molecule has 0 saturated carbocycles. The van der Waals surface area contributed by atoms with Crippen LogP contribution in [0.15, 0.2) is 23.7 Å². The molecule has 106 valence electrons. The van der Waals surface area contributed by atoms with Crippen molar-refractivity contribution in [1.82, 2.24) is 4.57 Å². The van der Waals surface area contributed by atoms with Crippen LogP contribution in [-0.4, -0.2) is 23.6 Å². The molecule has 0 aliphatic heterocycles. The molecule has 5 nitrogen and oxygen atoms in total. The van der Waals surface area contributed by atoms with Gasteiger partial charge in [0.15, 0.2) is 0 Å². The fraction of sp³-hybridized carbons (Fsp3) is 0.231. The zero-order valence-electron chi connectivity index (χ0n) is 11.0. The number of aryl methyl sites for hydroxylation is 1. The van der Waals surface area contributed by atoms with Crippen LogP contribution in [0, 0.1) is 0 Å². The van der Waals surface area contributed by atoms with Crippen molar-refractivity contribution in [2.45, 2.75) is 13.5 Å². The average molecular weight is 313 g/mol. The average Bonchev–Trinajstić information content (AvgIpc) is 3.04. The zero-order chi connectivity index (χ0) is 14.7. The molecule has 1 amide bonds. The van der Waals surface area contributed by atoms with E-state index in [0.29, 0.717) is 27.8 Å². The Hall–Kier alpha value is -1.79. The number of carbonyl (C=O) groups excluding carboxylic acids is 2. The van der Waals surface area contributed by atoms with Crippen molar-refractivity contribution in [3.8, 4) is 0 Å². The molecule has 0 unspecified atom stereocenters. The van der Waals surface area contributed by atoms with Gasteiger partial charge in [0.05, 0.1) is 17.8 Å². The number of anilines is 1. The van der Waals surface area contributed by atoms with Crippen LogP contribution in [0.3, 0.4) is 0 Å². The fourth-order valence-corrected chi connectivity index (χ4v) is 2.76. The number of carbonyl (C=O) groups is 2. The highest BCUT2D eigenvalue weighted by molar-refractivity contribution is 7.12. The Morgan fingerprint density at radius 3 is 2.90 bits per heavy atom. The van der Waals surface area contributed by atoms with Crippen LogP contribution in [-0.2, 0) is 11.3 Å². The van der Waals surface area contributed by atoms with Gasteiger partial charge >= 0.3 is 5.97 Å². The summed E-state index contributed by atoms with van der Waals surface area (Å²) in [5.74, 6) is -0.790. The first-order chi connectivity index (χ1) is 9.56. The lowest BCUT2D eigenvalue weighted by atomic mass is 10.3. The predicted octanol–water partition coefficient (Wildman–Crippen LogP) is 3.26. The van der Waals surface area contributed by atoms with E-state index in [1.807, 2.05) is 6.92 Å². The topological polar surface area (TPSA) is 60.3 Å². The lowest BCUT2D eigenvalue weighted by molar-refractivity contribution is 0.0607. The van der Waals surface area contributed by atoms with E-state index in [9.17, 15) is 9.59 Å². The Labute approximate surface area is 125 Å². The van der Waals surface area contributed by atoms with E-state index in [2.05, 4.69) is 10.1 Å². The van der Waals surface area contributed by atoms with Gasteiger partial charge in [-0.05, 0) is 24.4 Å². The van der Waals surface area contributed by atoms with Crippen molar-refractivity contribution in [1.29, 1.82) is 0 Å². The summed E-state index contributed by atoms with van der Waals surface area (Å²) in [5, 5.41) is 4.91. The Kier molecular flexibility index (Phi) is 4.46. The van der Waals surface area contributed by atoms with E-state index in [-0.39, 0.29) is 5.91 Å². The number of hydrogen-bond donors (Lipinski definition) is 1. The number of esters is 1. The minimum atomic E-state index is -0.473. The molecule has 2 rings (SSSR count). The molecule has 2 aromatic rings. The number of amides is 1. The number of rotatable bonds is 4. The van der Waals surface area contributed by atoms with Gasteiger partial charge < -0.3 is 14.6 Å². The molecule has 0 aliphatic carbocycles. The van der Waals surface area contributed by atoms with E-state index in [0.717, 1.165) is 0 Å². The Morgan fingerprint density at radius 1 is 1.50 bits per heavy atom.